The quantitative estimate of drug-likeness (QED) is 0.736. The van der Waals surface area contributed by atoms with Crippen molar-refractivity contribution >= 4 is 28.2 Å². The van der Waals surface area contributed by atoms with Gasteiger partial charge in [0.2, 0.25) is 0 Å². The van der Waals surface area contributed by atoms with E-state index in [1.807, 2.05) is 7.05 Å². The second kappa shape index (κ2) is 7.04. The van der Waals surface area contributed by atoms with Gasteiger partial charge in [0.05, 0.1) is 19.6 Å². The van der Waals surface area contributed by atoms with Gasteiger partial charge >= 0.3 is 0 Å². The van der Waals surface area contributed by atoms with Crippen molar-refractivity contribution in [2.45, 2.75) is 39.0 Å². The first kappa shape index (κ1) is 16.0. The summed E-state index contributed by atoms with van der Waals surface area (Å²) in [6, 6.07) is 0. The highest BCUT2D eigenvalue weighted by Crippen LogP contribution is 2.38. The Labute approximate surface area is 129 Å². The highest BCUT2D eigenvalue weighted by Gasteiger charge is 2.24. The number of aromatic carboxylic acids is 1. The SMILES string of the molecule is CCCC[NH+](C)CC(=O)Nc1sc2c(c1C(=O)[O-])CCC2. The monoisotopic (exact) mass is 310 g/mol. The minimum atomic E-state index is -1.18. The van der Waals surface area contributed by atoms with E-state index in [9.17, 15) is 14.7 Å². The number of aryl methyl sites for hydroxylation is 1. The molecule has 0 spiro atoms. The summed E-state index contributed by atoms with van der Waals surface area (Å²) in [6.07, 6.45) is 4.84. The maximum atomic E-state index is 12.0. The lowest BCUT2D eigenvalue weighted by Gasteiger charge is -2.14. The zero-order valence-electron chi connectivity index (χ0n) is 12.6. The van der Waals surface area contributed by atoms with Gasteiger partial charge in [-0.3, -0.25) is 4.79 Å². The molecule has 2 rings (SSSR count). The number of amides is 1. The van der Waals surface area contributed by atoms with Gasteiger partial charge in [0.25, 0.3) is 5.91 Å². The molecule has 0 saturated carbocycles. The van der Waals surface area contributed by atoms with Crippen LogP contribution < -0.4 is 15.3 Å². The second-order valence-corrected chi connectivity index (χ2v) is 6.74. The van der Waals surface area contributed by atoms with E-state index < -0.39 is 5.97 Å². The molecule has 21 heavy (non-hydrogen) atoms. The Morgan fingerprint density at radius 2 is 2.14 bits per heavy atom. The number of hydrogen-bond acceptors (Lipinski definition) is 4. The van der Waals surface area contributed by atoms with Crippen LogP contribution in [0.25, 0.3) is 0 Å². The molecule has 1 heterocycles. The summed E-state index contributed by atoms with van der Waals surface area (Å²) in [5.41, 5.74) is 1.06. The second-order valence-electron chi connectivity index (χ2n) is 5.63. The summed E-state index contributed by atoms with van der Waals surface area (Å²) in [5, 5.41) is 14.5. The van der Waals surface area contributed by atoms with E-state index in [-0.39, 0.29) is 11.5 Å². The van der Waals surface area contributed by atoms with Gasteiger partial charge in [0, 0.05) is 10.4 Å². The van der Waals surface area contributed by atoms with Crippen molar-refractivity contribution < 1.29 is 19.6 Å². The average Bonchev–Trinajstić information content (AvgIpc) is 2.95. The lowest BCUT2D eigenvalue weighted by molar-refractivity contribution is -0.871. The number of fused-ring (bicyclic) bond motifs is 1. The van der Waals surface area contributed by atoms with Crippen LogP contribution in [-0.4, -0.2) is 32.0 Å². The fourth-order valence-electron chi connectivity index (χ4n) is 2.72. The van der Waals surface area contributed by atoms with Crippen molar-refractivity contribution in [1.29, 1.82) is 0 Å². The first-order valence-electron chi connectivity index (χ1n) is 7.50. The predicted molar refractivity (Wildman–Crippen MR) is 80.8 cm³/mol. The Morgan fingerprint density at radius 1 is 1.38 bits per heavy atom. The highest BCUT2D eigenvalue weighted by molar-refractivity contribution is 7.17. The van der Waals surface area contributed by atoms with Crippen LogP contribution in [-0.2, 0) is 17.6 Å². The molecule has 6 heteroatoms. The minimum Gasteiger partial charge on any atom is -0.545 e. The summed E-state index contributed by atoms with van der Waals surface area (Å²) in [4.78, 5) is 25.6. The fraction of sp³-hybridized carbons (Fsp3) is 0.600. The van der Waals surface area contributed by atoms with E-state index in [4.69, 9.17) is 0 Å². The molecule has 0 fully saturated rings. The molecule has 0 aliphatic heterocycles. The van der Waals surface area contributed by atoms with Gasteiger partial charge in [-0.25, -0.2) is 0 Å². The smallest absolute Gasteiger partial charge is 0.280 e. The minimum absolute atomic E-state index is 0.133. The third-order valence-corrected chi connectivity index (χ3v) is 5.01. The van der Waals surface area contributed by atoms with Crippen LogP contribution in [0.2, 0.25) is 0 Å². The van der Waals surface area contributed by atoms with Crippen molar-refractivity contribution in [2.75, 3.05) is 25.5 Å². The van der Waals surface area contributed by atoms with Crippen LogP contribution in [0.1, 0.15) is 47.0 Å². The number of carboxylic acid groups (broad SMARTS) is 1. The third kappa shape index (κ3) is 3.83. The van der Waals surface area contributed by atoms with Crippen molar-refractivity contribution in [3.63, 3.8) is 0 Å². The van der Waals surface area contributed by atoms with Gasteiger partial charge in [-0.1, -0.05) is 13.3 Å². The topological polar surface area (TPSA) is 73.7 Å². The molecule has 0 saturated heterocycles. The standard InChI is InChI=1S/C15H22N2O3S/c1-3-4-8-17(2)9-12(18)16-14-13(15(19)20)10-6-5-7-11(10)21-14/h3-9H2,1-2H3,(H,16,18)(H,19,20). The number of carboxylic acids is 1. The number of rotatable bonds is 7. The van der Waals surface area contributed by atoms with Crippen molar-refractivity contribution in [1.82, 2.24) is 0 Å². The van der Waals surface area contributed by atoms with Gasteiger partial charge in [-0.05, 0) is 31.2 Å². The van der Waals surface area contributed by atoms with E-state index in [1.54, 1.807) is 0 Å². The number of quaternary nitrogens is 1. The number of unbranched alkanes of at least 4 members (excludes halogenated alkanes) is 1. The van der Waals surface area contributed by atoms with Gasteiger partial charge in [-0.15, -0.1) is 11.3 Å². The van der Waals surface area contributed by atoms with Gasteiger partial charge in [0.1, 0.15) is 5.00 Å². The van der Waals surface area contributed by atoms with E-state index >= 15 is 0 Å². The summed E-state index contributed by atoms with van der Waals surface area (Å²) in [6.45, 7) is 3.42. The zero-order chi connectivity index (χ0) is 15.4. The molecule has 1 aromatic rings. The molecule has 1 unspecified atom stereocenters. The summed E-state index contributed by atoms with van der Waals surface area (Å²) < 4.78 is 0. The molecule has 1 aliphatic rings. The lowest BCUT2D eigenvalue weighted by atomic mass is 10.1. The molecule has 0 aromatic carbocycles. The molecule has 1 atom stereocenters. The Morgan fingerprint density at radius 3 is 2.81 bits per heavy atom. The molecule has 1 amide bonds. The zero-order valence-corrected chi connectivity index (χ0v) is 13.4. The lowest BCUT2D eigenvalue weighted by Crippen LogP contribution is -3.10. The number of carbonyl (C=O) groups is 2. The van der Waals surface area contributed by atoms with E-state index in [2.05, 4.69) is 12.2 Å². The van der Waals surface area contributed by atoms with Gasteiger partial charge in [0.15, 0.2) is 6.54 Å². The number of likely N-dealkylation sites (N-methyl/N-ethyl adjacent to an activating group) is 1. The van der Waals surface area contributed by atoms with Crippen molar-refractivity contribution in [3.05, 3.63) is 16.0 Å². The van der Waals surface area contributed by atoms with E-state index in [0.717, 1.165) is 54.0 Å². The molecule has 2 N–H and O–H groups in total. The van der Waals surface area contributed by atoms with Crippen LogP contribution in [0.3, 0.4) is 0 Å². The Kier molecular flexibility index (Phi) is 5.36. The molecule has 0 radical (unpaired) electrons. The van der Waals surface area contributed by atoms with Crippen molar-refractivity contribution in [2.24, 2.45) is 0 Å². The Bertz CT molecular complexity index is 539. The summed E-state index contributed by atoms with van der Waals surface area (Å²) >= 11 is 1.39. The molecule has 1 aromatic heterocycles. The van der Waals surface area contributed by atoms with Crippen LogP contribution in [0.5, 0.6) is 0 Å². The molecule has 1 aliphatic carbocycles. The average molecular weight is 310 g/mol. The molecule has 0 bridgehead atoms. The molecule has 116 valence electrons. The first-order valence-corrected chi connectivity index (χ1v) is 8.31. The maximum absolute atomic E-state index is 12.0. The molecular formula is C15H22N2O3S. The van der Waals surface area contributed by atoms with E-state index in [0.29, 0.717) is 11.5 Å². The number of thiophene rings is 1. The van der Waals surface area contributed by atoms with Crippen LogP contribution in [0, 0.1) is 0 Å². The van der Waals surface area contributed by atoms with E-state index in [1.165, 1.54) is 11.3 Å². The number of carbonyl (C=O) groups excluding carboxylic acids is 2. The number of hydrogen-bond donors (Lipinski definition) is 2. The summed E-state index contributed by atoms with van der Waals surface area (Å²) in [5.74, 6) is -1.32. The third-order valence-electron chi connectivity index (χ3n) is 3.80. The highest BCUT2D eigenvalue weighted by atomic mass is 32.1. The number of anilines is 1. The largest absolute Gasteiger partial charge is 0.545 e. The Hall–Kier alpha value is -1.40. The molecular weight excluding hydrogens is 288 g/mol. The van der Waals surface area contributed by atoms with Gasteiger partial charge < -0.3 is 20.1 Å². The number of nitrogens with one attached hydrogen (secondary N) is 2. The molecule has 5 nitrogen and oxygen atoms in total. The fourth-order valence-corrected chi connectivity index (χ4v) is 4.01. The summed E-state index contributed by atoms with van der Waals surface area (Å²) in [7, 11) is 1.98. The first-order chi connectivity index (χ1) is 10.0. The van der Waals surface area contributed by atoms with Crippen molar-refractivity contribution in [3.8, 4) is 0 Å². The van der Waals surface area contributed by atoms with Crippen LogP contribution in [0.15, 0.2) is 0 Å². The van der Waals surface area contributed by atoms with Crippen LogP contribution >= 0.6 is 11.3 Å². The van der Waals surface area contributed by atoms with Crippen LogP contribution in [0.4, 0.5) is 5.00 Å². The van der Waals surface area contributed by atoms with Gasteiger partial charge in [-0.2, -0.15) is 0 Å². The Balaban J connectivity index is 2.03. The maximum Gasteiger partial charge on any atom is 0.280 e. The normalized spacial score (nSPS) is 14.8. The predicted octanol–water partition coefficient (Wildman–Crippen LogP) is -0.146.